The van der Waals surface area contributed by atoms with Crippen LogP contribution in [-0.2, 0) is 16.0 Å². The van der Waals surface area contributed by atoms with Crippen LogP contribution in [0.3, 0.4) is 0 Å². The molecule has 2 aliphatic heterocycles. The van der Waals surface area contributed by atoms with Gasteiger partial charge < -0.3 is 20.9 Å². The highest BCUT2D eigenvalue weighted by molar-refractivity contribution is 6.22. The Morgan fingerprint density at radius 1 is 1.06 bits per heavy atom. The molecular formula is C27H26FN5O2. The molecule has 0 radical (unpaired) electrons. The van der Waals surface area contributed by atoms with Crippen molar-refractivity contribution in [2.24, 2.45) is 10.7 Å². The Balaban J connectivity index is 1.55. The van der Waals surface area contributed by atoms with Gasteiger partial charge in [0.1, 0.15) is 5.82 Å². The van der Waals surface area contributed by atoms with E-state index in [1.807, 2.05) is 55.6 Å². The summed E-state index contributed by atoms with van der Waals surface area (Å²) < 4.78 is 14.9. The van der Waals surface area contributed by atoms with Crippen LogP contribution < -0.4 is 20.9 Å². The smallest absolute Gasteiger partial charge is 0.272 e. The summed E-state index contributed by atoms with van der Waals surface area (Å²) in [6, 6.07) is 20.5. The topological polar surface area (TPSA) is 91.0 Å². The molecule has 0 saturated heterocycles. The normalized spacial score (nSPS) is 17.9. The molecule has 3 N–H and O–H groups in total. The van der Waals surface area contributed by atoms with Gasteiger partial charge in [-0.25, -0.2) is 9.38 Å². The van der Waals surface area contributed by atoms with Crippen LogP contribution in [0.2, 0.25) is 0 Å². The summed E-state index contributed by atoms with van der Waals surface area (Å²) in [7, 11) is 1.95. The maximum Gasteiger partial charge on any atom is 0.272 e. The molecule has 0 aromatic heterocycles. The zero-order chi connectivity index (χ0) is 24.5. The summed E-state index contributed by atoms with van der Waals surface area (Å²) in [6.07, 6.45) is -0.918. The highest BCUT2D eigenvalue weighted by Gasteiger charge is 2.38. The molecule has 3 aromatic rings. The molecule has 0 unspecified atom stereocenters. The summed E-state index contributed by atoms with van der Waals surface area (Å²) in [5.41, 5.74) is 9.81. The van der Waals surface area contributed by atoms with Gasteiger partial charge in [-0.3, -0.25) is 9.59 Å². The van der Waals surface area contributed by atoms with Gasteiger partial charge in [0.05, 0.1) is 23.1 Å². The molecule has 0 spiro atoms. The van der Waals surface area contributed by atoms with Crippen LogP contribution >= 0.6 is 0 Å². The first-order valence-electron chi connectivity index (χ1n) is 11.5. The number of benzene rings is 3. The molecule has 2 atom stereocenters. The fourth-order valence-corrected chi connectivity index (χ4v) is 4.58. The summed E-state index contributed by atoms with van der Waals surface area (Å²) in [6.45, 7) is 1.03. The van der Waals surface area contributed by atoms with Gasteiger partial charge in [-0.15, -0.1) is 0 Å². The Labute approximate surface area is 203 Å². The zero-order valence-corrected chi connectivity index (χ0v) is 19.3. The van der Waals surface area contributed by atoms with E-state index in [4.69, 9.17) is 5.73 Å². The quantitative estimate of drug-likeness (QED) is 0.598. The van der Waals surface area contributed by atoms with E-state index in [-0.39, 0.29) is 11.5 Å². The fraction of sp³-hybridized carbons (Fsp3) is 0.222. The lowest BCUT2D eigenvalue weighted by Crippen LogP contribution is -2.54. The van der Waals surface area contributed by atoms with Gasteiger partial charge in [0.2, 0.25) is 12.1 Å². The number of anilines is 2. The largest absolute Gasteiger partial charge is 0.371 e. The maximum atomic E-state index is 14.9. The average Bonchev–Trinajstić information content (AvgIpc) is 2.98. The van der Waals surface area contributed by atoms with Crippen molar-refractivity contribution in [1.29, 1.82) is 0 Å². The van der Waals surface area contributed by atoms with Crippen molar-refractivity contribution in [3.63, 3.8) is 0 Å². The molecule has 0 bridgehead atoms. The highest BCUT2D eigenvalue weighted by Crippen LogP contribution is 2.39. The molecule has 0 fully saturated rings. The number of carbonyl (C=O) groups excluding carboxylic acids is 2. The number of nitrogens with zero attached hydrogens (tertiary/aromatic N) is 3. The third kappa shape index (κ3) is 4.28. The molecule has 5 rings (SSSR count). The fourth-order valence-electron chi connectivity index (χ4n) is 4.58. The van der Waals surface area contributed by atoms with Crippen molar-refractivity contribution >= 4 is 28.9 Å². The molecule has 3 aromatic carbocycles. The second-order valence-corrected chi connectivity index (χ2v) is 8.75. The van der Waals surface area contributed by atoms with E-state index in [0.29, 0.717) is 36.5 Å². The van der Waals surface area contributed by atoms with Crippen LogP contribution in [0.25, 0.3) is 0 Å². The van der Waals surface area contributed by atoms with Crippen molar-refractivity contribution in [3.05, 3.63) is 95.3 Å². The monoisotopic (exact) mass is 471 g/mol. The van der Waals surface area contributed by atoms with Gasteiger partial charge in [0.15, 0.2) is 0 Å². The second kappa shape index (κ2) is 9.31. The average molecular weight is 472 g/mol. The maximum absolute atomic E-state index is 14.9. The number of para-hydroxylation sites is 1. The van der Waals surface area contributed by atoms with Gasteiger partial charge in [-0.1, -0.05) is 54.6 Å². The van der Waals surface area contributed by atoms with Crippen molar-refractivity contribution in [1.82, 2.24) is 5.32 Å². The SMILES string of the molecule is CN1CCN2C(=O)[C@H](NC(=O)[C@@H](N)Cc3ccccc3)N=C(c3ccccc3F)c3cccc1c32. The number of hydrogen-bond donors (Lipinski definition) is 2. The number of carbonyl (C=O) groups is 2. The number of nitrogens with two attached hydrogens (primary N) is 1. The van der Waals surface area contributed by atoms with E-state index >= 15 is 0 Å². The molecule has 0 saturated carbocycles. The van der Waals surface area contributed by atoms with Gasteiger partial charge >= 0.3 is 0 Å². The zero-order valence-electron chi connectivity index (χ0n) is 19.3. The lowest BCUT2D eigenvalue weighted by atomic mass is 9.97. The molecular weight excluding hydrogens is 445 g/mol. The Kier molecular flexibility index (Phi) is 6.05. The standard InChI is InChI=1S/C27H26FN5O2/c1-32-14-15-33-24-19(11-7-13-22(24)32)23(18-10-5-6-12-20(18)28)30-25(27(33)35)31-26(34)21(29)16-17-8-3-2-4-9-17/h2-13,21,25H,14-16,29H2,1H3,(H,31,34)/t21-,25-/m0/s1. The van der Waals surface area contributed by atoms with E-state index < -0.39 is 23.9 Å². The molecule has 0 aliphatic carbocycles. The summed E-state index contributed by atoms with van der Waals surface area (Å²) in [5.74, 6) is -1.33. The summed E-state index contributed by atoms with van der Waals surface area (Å²) >= 11 is 0. The van der Waals surface area contributed by atoms with Gasteiger partial charge in [-0.2, -0.15) is 0 Å². The Morgan fingerprint density at radius 2 is 1.77 bits per heavy atom. The molecule has 2 amide bonds. The molecule has 2 aliphatic rings. The molecule has 2 heterocycles. The second-order valence-electron chi connectivity index (χ2n) is 8.75. The van der Waals surface area contributed by atoms with Gasteiger partial charge in [-0.05, 0) is 30.2 Å². The van der Waals surface area contributed by atoms with Crippen LogP contribution in [0.15, 0.2) is 77.8 Å². The number of hydrogen-bond acceptors (Lipinski definition) is 5. The Bertz CT molecular complexity index is 1310. The number of rotatable bonds is 5. The third-order valence-corrected chi connectivity index (χ3v) is 6.41. The van der Waals surface area contributed by atoms with Crippen molar-refractivity contribution in [2.75, 3.05) is 29.9 Å². The van der Waals surface area contributed by atoms with Crippen molar-refractivity contribution < 1.29 is 14.0 Å². The van der Waals surface area contributed by atoms with Gasteiger partial charge in [0.25, 0.3) is 5.91 Å². The minimum Gasteiger partial charge on any atom is -0.371 e. The predicted molar refractivity (Wildman–Crippen MR) is 134 cm³/mol. The first-order valence-corrected chi connectivity index (χ1v) is 11.5. The summed E-state index contributed by atoms with van der Waals surface area (Å²) in [4.78, 5) is 35.0. The van der Waals surface area contributed by atoms with Crippen molar-refractivity contribution in [2.45, 2.75) is 18.6 Å². The number of amides is 2. The van der Waals surface area contributed by atoms with Crippen LogP contribution in [0.5, 0.6) is 0 Å². The number of halogens is 1. The minimum absolute atomic E-state index is 0.261. The molecule has 178 valence electrons. The van der Waals surface area contributed by atoms with Crippen molar-refractivity contribution in [3.8, 4) is 0 Å². The van der Waals surface area contributed by atoms with Crippen LogP contribution in [-0.4, -0.2) is 49.9 Å². The number of likely N-dealkylation sites (N-methyl/N-ethyl adjacent to an activating group) is 1. The van der Waals surface area contributed by atoms with Gasteiger partial charge in [0, 0.05) is 31.3 Å². The Hall–Kier alpha value is -4.04. The van der Waals surface area contributed by atoms with Crippen LogP contribution in [0.4, 0.5) is 15.8 Å². The van der Waals surface area contributed by atoms with E-state index in [0.717, 1.165) is 11.3 Å². The van der Waals surface area contributed by atoms with E-state index in [2.05, 4.69) is 15.2 Å². The predicted octanol–water partition coefficient (Wildman–Crippen LogP) is 2.47. The van der Waals surface area contributed by atoms with E-state index in [1.165, 1.54) is 6.07 Å². The Morgan fingerprint density at radius 3 is 2.54 bits per heavy atom. The summed E-state index contributed by atoms with van der Waals surface area (Å²) in [5, 5.41) is 2.72. The molecule has 35 heavy (non-hydrogen) atoms. The van der Waals surface area contributed by atoms with E-state index in [1.54, 1.807) is 23.1 Å². The lowest BCUT2D eigenvalue weighted by Gasteiger charge is -2.36. The third-order valence-electron chi connectivity index (χ3n) is 6.41. The highest BCUT2D eigenvalue weighted by atomic mass is 19.1. The minimum atomic E-state index is -1.23. The van der Waals surface area contributed by atoms with Crippen LogP contribution in [0.1, 0.15) is 16.7 Å². The van der Waals surface area contributed by atoms with Crippen LogP contribution in [0, 0.1) is 5.82 Å². The number of aliphatic imine (C=N–C) groups is 1. The molecule has 8 heteroatoms. The lowest BCUT2D eigenvalue weighted by molar-refractivity contribution is -0.128. The first-order chi connectivity index (χ1) is 16.9. The number of nitrogens with one attached hydrogen (secondary N) is 1. The first kappa shape index (κ1) is 22.7. The van der Waals surface area contributed by atoms with E-state index in [9.17, 15) is 14.0 Å². The molecule has 7 nitrogen and oxygen atoms in total.